The van der Waals surface area contributed by atoms with Crippen molar-refractivity contribution < 1.29 is 14.2 Å². The highest BCUT2D eigenvalue weighted by molar-refractivity contribution is 9.10. The third-order valence-electron chi connectivity index (χ3n) is 2.65. The Labute approximate surface area is 129 Å². The van der Waals surface area contributed by atoms with Gasteiger partial charge in [0.25, 0.3) is 0 Å². The summed E-state index contributed by atoms with van der Waals surface area (Å²) in [5, 5.41) is 3.32. The van der Waals surface area contributed by atoms with E-state index in [4.69, 9.17) is 14.2 Å². The average molecular weight is 346 g/mol. The highest BCUT2D eigenvalue weighted by Crippen LogP contribution is 2.23. The van der Waals surface area contributed by atoms with Gasteiger partial charge in [-0.2, -0.15) is 0 Å². The molecule has 0 atom stereocenters. The van der Waals surface area contributed by atoms with E-state index in [9.17, 15) is 0 Å². The van der Waals surface area contributed by atoms with Gasteiger partial charge in [-0.3, -0.25) is 0 Å². The van der Waals surface area contributed by atoms with E-state index in [1.165, 1.54) is 0 Å². The van der Waals surface area contributed by atoms with Gasteiger partial charge in [-0.05, 0) is 24.6 Å². The van der Waals surface area contributed by atoms with Crippen LogP contribution in [0.15, 0.2) is 22.7 Å². The summed E-state index contributed by atoms with van der Waals surface area (Å²) in [5.74, 6) is 0.901. The lowest BCUT2D eigenvalue weighted by Crippen LogP contribution is -2.19. The molecule has 0 saturated carbocycles. The maximum Gasteiger partial charge on any atom is 0.123 e. The fraction of sp³-hybridized carbons (Fsp3) is 0.600. The summed E-state index contributed by atoms with van der Waals surface area (Å²) >= 11 is 3.49. The van der Waals surface area contributed by atoms with E-state index in [2.05, 4.69) is 34.2 Å². The Bertz CT molecular complexity index is 374. The molecular weight excluding hydrogens is 322 g/mol. The van der Waals surface area contributed by atoms with Gasteiger partial charge in [0, 0.05) is 36.8 Å². The Kier molecular flexibility index (Phi) is 9.66. The van der Waals surface area contributed by atoms with Crippen LogP contribution in [0.5, 0.6) is 5.75 Å². The van der Waals surface area contributed by atoms with Crippen LogP contribution in [0.3, 0.4) is 0 Å². The lowest BCUT2D eigenvalue weighted by Gasteiger charge is -2.13. The minimum atomic E-state index is 0.576. The summed E-state index contributed by atoms with van der Waals surface area (Å²) in [6.45, 7) is 6.37. The Morgan fingerprint density at radius 1 is 1.15 bits per heavy atom. The minimum Gasteiger partial charge on any atom is -0.491 e. The fourth-order valence-electron chi connectivity index (χ4n) is 1.68. The third kappa shape index (κ3) is 7.24. The van der Waals surface area contributed by atoms with Gasteiger partial charge in [-0.15, -0.1) is 0 Å². The summed E-state index contributed by atoms with van der Waals surface area (Å²) in [6, 6.07) is 6.04. The number of halogens is 1. The summed E-state index contributed by atoms with van der Waals surface area (Å²) in [6.07, 6.45) is 1.03. The second kappa shape index (κ2) is 11.1. The van der Waals surface area contributed by atoms with Crippen molar-refractivity contribution in [3.8, 4) is 5.75 Å². The number of hydrogen-bond acceptors (Lipinski definition) is 4. The molecule has 1 N–H and O–H groups in total. The van der Waals surface area contributed by atoms with Gasteiger partial charge in [0.05, 0.1) is 13.2 Å². The van der Waals surface area contributed by atoms with E-state index in [0.717, 1.165) is 41.9 Å². The minimum absolute atomic E-state index is 0.576. The topological polar surface area (TPSA) is 39.7 Å². The van der Waals surface area contributed by atoms with Crippen molar-refractivity contribution in [2.24, 2.45) is 0 Å². The van der Waals surface area contributed by atoms with Gasteiger partial charge in [0.15, 0.2) is 0 Å². The molecule has 5 heteroatoms. The van der Waals surface area contributed by atoms with Gasteiger partial charge in [-0.1, -0.05) is 22.9 Å². The standard InChI is InChI=1S/C15H24BrNO3/c1-3-7-19-9-10-20-15-5-4-14(16)11-13(15)12-17-6-8-18-2/h4-5,11,17H,3,6-10,12H2,1-2H3. The quantitative estimate of drug-likeness (QED) is 0.626. The Morgan fingerprint density at radius 2 is 2.00 bits per heavy atom. The Hall–Kier alpha value is -0.620. The van der Waals surface area contributed by atoms with Gasteiger partial charge in [-0.25, -0.2) is 0 Å². The number of hydrogen-bond donors (Lipinski definition) is 1. The number of methoxy groups -OCH3 is 1. The number of rotatable bonds is 11. The normalized spacial score (nSPS) is 10.8. The molecule has 114 valence electrons. The zero-order chi connectivity index (χ0) is 14.6. The predicted molar refractivity (Wildman–Crippen MR) is 84.3 cm³/mol. The lowest BCUT2D eigenvalue weighted by molar-refractivity contribution is 0.100. The zero-order valence-corrected chi connectivity index (χ0v) is 13.9. The summed E-state index contributed by atoms with van der Waals surface area (Å²) in [5.41, 5.74) is 1.13. The maximum absolute atomic E-state index is 5.78. The number of ether oxygens (including phenoxy) is 3. The van der Waals surface area contributed by atoms with Crippen LogP contribution in [0.25, 0.3) is 0 Å². The molecule has 0 aromatic heterocycles. The first-order valence-electron chi connectivity index (χ1n) is 6.96. The van der Waals surface area contributed by atoms with Crippen LogP contribution in [0.2, 0.25) is 0 Å². The molecule has 0 radical (unpaired) electrons. The highest BCUT2D eigenvalue weighted by Gasteiger charge is 2.04. The first-order chi connectivity index (χ1) is 9.77. The fourth-order valence-corrected chi connectivity index (χ4v) is 2.09. The Balaban J connectivity index is 2.42. The molecule has 4 nitrogen and oxygen atoms in total. The lowest BCUT2D eigenvalue weighted by atomic mass is 10.2. The smallest absolute Gasteiger partial charge is 0.123 e. The molecule has 0 saturated heterocycles. The third-order valence-corrected chi connectivity index (χ3v) is 3.15. The van der Waals surface area contributed by atoms with Crippen molar-refractivity contribution in [1.82, 2.24) is 5.32 Å². The first kappa shape index (κ1) is 17.4. The molecule has 1 aromatic rings. The van der Waals surface area contributed by atoms with E-state index >= 15 is 0 Å². The van der Waals surface area contributed by atoms with Crippen molar-refractivity contribution in [2.45, 2.75) is 19.9 Å². The molecule has 0 spiro atoms. The second-order valence-corrected chi connectivity index (χ2v) is 5.30. The van der Waals surface area contributed by atoms with E-state index in [0.29, 0.717) is 19.8 Å². The van der Waals surface area contributed by atoms with E-state index < -0.39 is 0 Å². The van der Waals surface area contributed by atoms with Crippen LogP contribution in [-0.4, -0.2) is 40.1 Å². The summed E-state index contributed by atoms with van der Waals surface area (Å²) < 4.78 is 17.3. The zero-order valence-electron chi connectivity index (χ0n) is 12.3. The predicted octanol–water partition coefficient (Wildman–Crippen LogP) is 2.99. The van der Waals surface area contributed by atoms with Gasteiger partial charge in [0.1, 0.15) is 12.4 Å². The molecule has 0 bridgehead atoms. The van der Waals surface area contributed by atoms with Gasteiger partial charge < -0.3 is 19.5 Å². The largest absolute Gasteiger partial charge is 0.491 e. The van der Waals surface area contributed by atoms with Crippen LogP contribution in [0, 0.1) is 0 Å². The van der Waals surface area contributed by atoms with Gasteiger partial charge >= 0.3 is 0 Å². The number of nitrogens with one attached hydrogen (secondary N) is 1. The van der Waals surface area contributed by atoms with Crippen molar-refractivity contribution in [1.29, 1.82) is 0 Å². The summed E-state index contributed by atoms with van der Waals surface area (Å²) in [7, 11) is 1.70. The number of benzene rings is 1. The highest BCUT2D eigenvalue weighted by atomic mass is 79.9. The monoisotopic (exact) mass is 345 g/mol. The maximum atomic E-state index is 5.78. The molecule has 0 unspecified atom stereocenters. The molecule has 0 fully saturated rings. The Morgan fingerprint density at radius 3 is 2.75 bits per heavy atom. The summed E-state index contributed by atoms with van der Waals surface area (Å²) in [4.78, 5) is 0. The first-order valence-corrected chi connectivity index (χ1v) is 7.75. The molecule has 20 heavy (non-hydrogen) atoms. The van der Waals surface area contributed by atoms with E-state index in [1.807, 2.05) is 12.1 Å². The van der Waals surface area contributed by atoms with Crippen LogP contribution in [-0.2, 0) is 16.0 Å². The molecule has 1 rings (SSSR count). The van der Waals surface area contributed by atoms with Crippen LogP contribution >= 0.6 is 15.9 Å². The van der Waals surface area contributed by atoms with Crippen molar-refractivity contribution >= 4 is 15.9 Å². The second-order valence-electron chi connectivity index (χ2n) is 4.38. The molecule has 0 heterocycles. The van der Waals surface area contributed by atoms with Crippen LogP contribution < -0.4 is 10.1 Å². The van der Waals surface area contributed by atoms with Crippen molar-refractivity contribution in [2.75, 3.05) is 40.1 Å². The van der Waals surface area contributed by atoms with Crippen molar-refractivity contribution in [3.63, 3.8) is 0 Å². The van der Waals surface area contributed by atoms with Gasteiger partial charge in [0.2, 0.25) is 0 Å². The molecule has 0 aliphatic heterocycles. The molecule has 0 amide bonds. The van der Waals surface area contributed by atoms with E-state index in [-0.39, 0.29) is 0 Å². The molecular formula is C15H24BrNO3. The molecule has 0 aliphatic rings. The van der Waals surface area contributed by atoms with Crippen molar-refractivity contribution in [3.05, 3.63) is 28.2 Å². The molecule has 1 aromatic carbocycles. The molecule has 0 aliphatic carbocycles. The van der Waals surface area contributed by atoms with Crippen LogP contribution in [0.1, 0.15) is 18.9 Å². The average Bonchev–Trinajstić information content (AvgIpc) is 2.45. The SMILES string of the molecule is CCCOCCOc1ccc(Br)cc1CNCCOC. The van der Waals surface area contributed by atoms with E-state index in [1.54, 1.807) is 7.11 Å². The van der Waals surface area contributed by atoms with Crippen LogP contribution in [0.4, 0.5) is 0 Å².